The number of hydrogen-bond acceptors (Lipinski definition) is 1. The van der Waals surface area contributed by atoms with Gasteiger partial charge in [-0.15, -0.1) is 0 Å². The molecule has 0 aliphatic carbocycles. The van der Waals surface area contributed by atoms with Crippen molar-refractivity contribution < 1.29 is 4.42 Å². The summed E-state index contributed by atoms with van der Waals surface area (Å²) in [4.78, 5) is 0. The van der Waals surface area contributed by atoms with E-state index in [-0.39, 0.29) is 0 Å². The standard InChI is InChI=1S/C48H30N2O/c1-3-12-31(13-4-1)32-14-11-17-36(28-32)50-44-26-23-34(30-41(44)47-45(50)27-24-39-38-19-8-10-21-46(38)51-48(39)47)33-22-25-43-40(29-33)37-18-7-9-20-42(37)49(43)35-15-5-2-6-16-35/h1-30H. The van der Waals surface area contributed by atoms with Gasteiger partial charge in [0.15, 0.2) is 0 Å². The summed E-state index contributed by atoms with van der Waals surface area (Å²) in [6.07, 6.45) is 0. The van der Waals surface area contributed by atoms with Crippen LogP contribution >= 0.6 is 0 Å². The van der Waals surface area contributed by atoms with Gasteiger partial charge in [-0.2, -0.15) is 0 Å². The second kappa shape index (κ2) is 10.8. The number of furan rings is 1. The van der Waals surface area contributed by atoms with Crippen LogP contribution in [-0.2, 0) is 0 Å². The van der Waals surface area contributed by atoms with Gasteiger partial charge < -0.3 is 13.6 Å². The van der Waals surface area contributed by atoms with Crippen LogP contribution in [0.1, 0.15) is 0 Å². The molecule has 0 N–H and O–H groups in total. The molecule has 0 radical (unpaired) electrons. The Morgan fingerprint density at radius 3 is 1.71 bits per heavy atom. The Labute approximate surface area is 293 Å². The van der Waals surface area contributed by atoms with Crippen LogP contribution in [0.15, 0.2) is 186 Å². The second-order valence-electron chi connectivity index (χ2n) is 13.3. The van der Waals surface area contributed by atoms with Gasteiger partial charge >= 0.3 is 0 Å². The van der Waals surface area contributed by atoms with Gasteiger partial charge in [0.05, 0.1) is 27.5 Å². The fraction of sp³-hybridized carbons (Fsp3) is 0. The highest BCUT2D eigenvalue weighted by Gasteiger charge is 2.20. The number of aromatic nitrogens is 2. The zero-order valence-corrected chi connectivity index (χ0v) is 27.6. The zero-order valence-electron chi connectivity index (χ0n) is 27.6. The maximum atomic E-state index is 6.70. The van der Waals surface area contributed by atoms with Crippen molar-refractivity contribution in [3.05, 3.63) is 182 Å². The van der Waals surface area contributed by atoms with Crippen molar-refractivity contribution >= 4 is 65.6 Å². The Morgan fingerprint density at radius 2 is 0.882 bits per heavy atom. The van der Waals surface area contributed by atoms with Gasteiger partial charge in [-0.25, -0.2) is 0 Å². The van der Waals surface area contributed by atoms with E-state index in [2.05, 4.69) is 185 Å². The van der Waals surface area contributed by atoms with Crippen LogP contribution in [0.5, 0.6) is 0 Å². The normalized spacial score (nSPS) is 11.9. The minimum Gasteiger partial charge on any atom is -0.455 e. The maximum absolute atomic E-state index is 6.70. The Balaban J connectivity index is 1.18. The van der Waals surface area contributed by atoms with Crippen molar-refractivity contribution in [2.45, 2.75) is 0 Å². The first-order chi connectivity index (χ1) is 25.3. The molecule has 3 heterocycles. The Bertz CT molecular complexity index is 3130. The molecule has 0 fully saturated rings. The van der Waals surface area contributed by atoms with E-state index >= 15 is 0 Å². The first kappa shape index (κ1) is 28.0. The summed E-state index contributed by atoms with van der Waals surface area (Å²) in [5, 5.41) is 7.06. The predicted octanol–water partition coefficient (Wildman–Crippen LogP) is 13.1. The van der Waals surface area contributed by atoms with Crippen LogP contribution < -0.4 is 0 Å². The van der Waals surface area contributed by atoms with E-state index < -0.39 is 0 Å². The van der Waals surface area contributed by atoms with Gasteiger partial charge in [-0.05, 0) is 95.1 Å². The molecule has 51 heavy (non-hydrogen) atoms. The molecule has 0 atom stereocenters. The van der Waals surface area contributed by atoms with E-state index in [1.807, 2.05) is 6.07 Å². The van der Waals surface area contributed by atoms with Crippen molar-refractivity contribution in [1.29, 1.82) is 0 Å². The minimum atomic E-state index is 0.906. The molecular weight excluding hydrogens is 621 g/mol. The van der Waals surface area contributed by atoms with E-state index in [1.165, 1.54) is 49.4 Å². The molecule has 0 aliphatic heterocycles. The van der Waals surface area contributed by atoms with Crippen molar-refractivity contribution in [3.8, 4) is 33.6 Å². The smallest absolute Gasteiger partial charge is 0.145 e. The monoisotopic (exact) mass is 650 g/mol. The van der Waals surface area contributed by atoms with Crippen molar-refractivity contribution in [1.82, 2.24) is 9.13 Å². The third-order valence-corrected chi connectivity index (χ3v) is 10.5. The van der Waals surface area contributed by atoms with E-state index in [9.17, 15) is 0 Å². The van der Waals surface area contributed by atoms with Gasteiger partial charge in [0, 0.05) is 38.3 Å². The molecule has 0 amide bonds. The predicted molar refractivity (Wildman–Crippen MR) is 213 cm³/mol. The van der Waals surface area contributed by atoms with Crippen LogP contribution in [0.3, 0.4) is 0 Å². The fourth-order valence-corrected chi connectivity index (χ4v) is 8.21. The van der Waals surface area contributed by atoms with Crippen LogP contribution in [0, 0.1) is 0 Å². The zero-order chi connectivity index (χ0) is 33.5. The summed E-state index contributed by atoms with van der Waals surface area (Å²) in [6.45, 7) is 0. The van der Waals surface area contributed by atoms with Crippen LogP contribution in [0.4, 0.5) is 0 Å². The number of fused-ring (bicyclic) bond motifs is 10. The van der Waals surface area contributed by atoms with Gasteiger partial charge in [-0.1, -0.05) is 109 Å². The van der Waals surface area contributed by atoms with Gasteiger partial charge in [0.1, 0.15) is 11.2 Å². The first-order valence-corrected chi connectivity index (χ1v) is 17.4. The summed E-state index contributed by atoms with van der Waals surface area (Å²) in [6, 6.07) is 65.4. The van der Waals surface area contributed by atoms with Crippen molar-refractivity contribution in [3.63, 3.8) is 0 Å². The van der Waals surface area contributed by atoms with Crippen molar-refractivity contribution in [2.75, 3.05) is 0 Å². The number of para-hydroxylation sites is 3. The van der Waals surface area contributed by atoms with E-state index in [0.29, 0.717) is 0 Å². The Morgan fingerprint density at radius 1 is 0.314 bits per heavy atom. The summed E-state index contributed by atoms with van der Waals surface area (Å²) in [5.41, 5.74) is 13.5. The molecule has 11 aromatic rings. The summed E-state index contributed by atoms with van der Waals surface area (Å²) >= 11 is 0. The third kappa shape index (κ3) is 4.19. The highest BCUT2D eigenvalue weighted by molar-refractivity contribution is 6.24. The molecule has 8 aromatic carbocycles. The molecular formula is C48H30N2O. The maximum Gasteiger partial charge on any atom is 0.145 e. The van der Waals surface area contributed by atoms with Crippen LogP contribution in [0.25, 0.3) is 99.2 Å². The first-order valence-electron chi connectivity index (χ1n) is 17.4. The SMILES string of the molecule is c1ccc(-c2cccc(-n3c4ccc(-c5ccc6c(c5)c5ccccc5n6-c5ccccc5)cc4c4c5oc6ccccc6c5ccc43)c2)cc1. The molecule has 0 saturated carbocycles. The highest BCUT2D eigenvalue weighted by Crippen LogP contribution is 2.43. The second-order valence-corrected chi connectivity index (χ2v) is 13.3. The lowest BCUT2D eigenvalue weighted by Gasteiger charge is -2.11. The van der Waals surface area contributed by atoms with Crippen LogP contribution in [-0.4, -0.2) is 9.13 Å². The largest absolute Gasteiger partial charge is 0.455 e. The van der Waals surface area contributed by atoms with Gasteiger partial charge in [-0.3, -0.25) is 0 Å². The van der Waals surface area contributed by atoms with Gasteiger partial charge in [0.2, 0.25) is 0 Å². The lowest BCUT2D eigenvalue weighted by Crippen LogP contribution is -1.94. The van der Waals surface area contributed by atoms with Gasteiger partial charge in [0.25, 0.3) is 0 Å². The molecule has 0 aliphatic rings. The number of hydrogen-bond donors (Lipinski definition) is 0. The molecule has 3 nitrogen and oxygen atoms in total. The molecule has 0 saturated heterocycles. The molecule has 11 rings (SSSR count). The lowest BCUT2D eigenvalue weighted by molar-refractivity contribution is 0.673. The van der Waals surface area contributed by atoms with E-state index in [0.717, 1.165) is 49.7 Å². The fourth-order valence-electron chi connectivity index (χ4n) is 8.21. The average molecular weight is 651 g/mol. The minimum absolute atomic E-state index is 0.906. The molecule has 0 bridgehead atoms. The molecule has 238 valence electrons. The molecule has 3 heteroatoms. The number of benzene rings is 8. The Kier molecular flexibility index (Phi) is 5.96. The number of nitrogens with zero attached hydrogens (tertiary/aromatic N) is 2. The van der Waals surface area contributed by atoms with Crippen molar-refractivity contribution in [2.24, 2.45) is 0 Å². The average Bonchev–Trinajstić information content (AvgIpc) is 3.86. The third-order valence-electron chi connectivity index (χ3n) is 10.5. The highest BCUT2D eigenvalue weighted by atomic mass is 16.3. The van der Waals surface area contributed by atoms with E-state index in [1.54, 1.807) is 0 Å². The van der Waals surface area contributed by atoms with Crippen LogP contribution in [0.2, 0.25) is 0 Å². The summed E-state index contributed by atoms with van der Waals surface area (Å²) in [5.74, 6) is 0. The topological polar surface area (TPSA) is 23.0 Å². The summed E-state index contributed by atoms with van der Waals surface area (Å²) in [7, 11) is 0. The summed E-state index contributed by atoms with van der Waals surface area (Å²) < 4.78 is 11.5. The molecule has 3 aromatic heterocycles. The molecule has 0 unspecified atom stereocenters. The quantitative estimate of drug-likeness (QED) is 0.186. The number of rotatable bonds is 4. The van der Waals surface area contributed by atoms with E-state index in [4.69, 9.17) is 4.42 Å². The lowest BCUT2D eigenvalue weighted by atomic mass is 10.00. The molecule has 0 spiro atoms. The Hall–Kier alpha value is -6.84.